The number of halogens is 1. The van der Waals surface area contributed by atoms with Crippen LogP contribution in [-0.2, 0) is 18.2 Å². The van der Waals surface area contributed by atoms with E-state index in [4.69, 9.17) is 4.74 Å². The monoisotopic (exact) mass is 362 g/mol. The van der Waals surface area contributed by atoms with E-state index in [0.717, 1.165) is 0 Å². The second-order valence-electron chi connectivity index (χ2n) is 6.30. The van der Waals surface area contributed by atoms with Crippen molar-refractivity contribution in [3.63, 3.8) is 0 Å². The molecule has 1 fully saturated rings. The smallest absolute Gasteiger partial charge is 0.293 e. The molecule has 0 aliphatic carbocycles. The molecule has 2 aromatic heterocycles. The van der Waals surface area contributed by atoms with Gasteiger partial charge in [-0.1, -0.05) is 6.92 Å². The molecule has 0 N–H and O–H groups in total. The van der Waals surface area contributed by atoms with Crippen molar-refractivity contribution in [1.29, 1.82) is 0 Å². The lowest BCUT2D eigenvalue weighted by Gasteiger charge is -2.35. The van der Waals surface area contributed by atoms with Crippen LogP contribution in [0.5, 0.6) is 0 Å². The Labute approximate surface area is 151 Å². The molecule has 8 nitrogen and oxygen atoms in total. The summed E-state index contributed by atoms with van der Waals surface area (Å²) in [5.41, 5.74) is 0.240. The normalized spacial score (nSPS) is 17.4. The molecule has 1 aliphatic heterocycles. The van der Waals surface area contributed by atoms with Gasteiger partial charge in [0.05, 0.1) is 18.4 Å². The van der Waals surface area contributed by atoms with E-state index in [-0.39, 0.29) is 17.5 Å². The van der Waals surface area contributed by atoms with Crippen molar-refractivity contribution in [2.45, 2.75) is 19.4 Å². The van der Waals surface area contributed by atoms with Gasteiger partial charge < -0.3 is 19.1 Å². The number of morpholine rings is 1. The largest absolute Gasteiger partial charge is 0.373 e. The van der Waals surface area contributed by atoms with E-state index in [1.54, 1.807) is 31.4 Å². The number of aryl methyl sites for hydroxylation is 2. The van der Waals surface area contributed by atoms with E-state index in [9.17, 15) is 9.18 Å². The summed E-state index contributed by atoms with van der Waals surface area (Å²) in [6.45, 7) is 3.83. The van der Waals surface area contributed by atoms with Gasteiger partial charge in [0.1, 0.15) is 6.33 Å². The van der Waals surface area contributed by atoms with Crippen LogP contribution in [0.15, 0.2) is 23.5 Å². The van der Waals surface area contributed by atoms with Gasteiger partial charge >= 0.3 is 0 Å². The molecular formula is C17H23FN6O2. The highest BCUT2D eigenvalue weighted by atomic mass is 19.1. The van der Waals surface area contributed by atoms with E-state index in [1.165, 1.54) is 10.9 Å². The van der Waals surface area contributed by atoms with Crippen LogP contribution in [0.25, 0.3) is 0 Å². The molecule has 9 heteroatoms. The summed E-state index contributed by atoms with van der Waals surface area (Å²) < 4.78 is 21.8. The van der Waals surface area contributed by atoms with E-state index in [2.05, 4.69) is 15.0 Å². The second kappa shape index (κ2) is 7.77. The summed E-state index contributed by atoms with van der Waals surface area (Å²) in [5.74, 6) is 0.293. The van der Waals surface area contributed by atoms with Gasteiger partial charge in [0.25, 0.3) is 5.56 Å². The van der Waals surface area contributed by atoms with Crippen molar-refractivity contribution in [3.05, 3.63) is 40.6 Å². The molecule has 0 saturated carbocycles. The van der Waals surface area contributed by atoms with Crippen molar-refractivity contribution >= 4 is 11.6 Å². The Morgan fingerprint density at radius 2 is 2.19 bits per heavy atom. The van der Waals surface area contributed by atoms with Gasteiger partial charge in [-0.15, -0.1) is 0 Å². The molecule has 140 valence electrons. The Morgan fingerprint density at radius 3 is 2.96 bits per heavy atom. The molecule has 0 radical (unpaired) electrons. The first kappa shape index (κ1) is 18.2. The Kier molecular flexibility index (Phi) is 5.46. The van der Waals surface area contributed by atoms with Crippen molar-refractivity contribution in [2.24, 2.45) is 7.05 Å². The summed E-state index contributed by atoms with van der Waals surface area (Å²) in [6, 6.07) is 0. The van der Waals surface area contributed by atoms with Gasteiger partial charge in [-0.05, 0) is 6.42 Å². The molecule has 26 heavy (non-hydrogen) atoms. The molecular weight excluding hydrogens is 339 g/mol. The second-order valence-corrected chi connectivity index (χ2v) is 6.30. The predicted molar refractivity (Wildman–Crippen MR) is 96.1 cm³/mol. The highest BCUT2D eigenvalue weighted by Crippen LogP contribution is 2.21. The molecule has 0 spiro atoms. The van der Waals surface area contributed by atoms with Crippen LogP contribution in [0.3, 0.4) is 0 Å². The molecule has 1 aliphatic rings. The quantitative estimate of drug-likeness (QED) is 0.771. The molecule has 3 heterocycles. The topological polar surface area (TPSA) is 76.4 Å². The third-order valence-corrected chi connectivity index (χ3v) is 4.45. The van der Waals surface area contributed by atoms with Crippen LogP contribution >= 0.6 is 0 Å². The fourth-order valence-electron chi connectivity index (χ4n) is 3.02. The minimum absolute atomic E-state index is 0.169. The summed E-state index contributed by atoms with van der Waals surface area (Å²) in [4.78, 5) is 28.1. The molecule has 3 rings (SSSR count). The van der Waals surface area contributed by atoms with E-state index >= 15 is 0 Å². The Hall–Kier alpha value is -2.55. The van der Waals surface area contributed by atoms with Gasteiger partial charge in [0, 0.05) is 46.1 Å². The number of nitrogens with zero attached hydrogens (tertiary/aromatic N) is 6. The van der Waals surface area contributed by atoms with Crippen LogP contribution in [0.4, 0.5) is 16.0 Å². The Morgan fingerprint density at radius 1 is 1.38 bits per heavy atom. The third kappa shape index (κ3) is 3.67. The molecule has 0 unspecified atom stereocenters. The fourth-order valence-corrected chi connectivity index (χ4v) is 3.02. The number of rotatable bonds is 5. The van der Waals surface area contributed by atoms with Crippen LogP contribution in [0.1, 0.15) is 12.6 Å². The van der Waals surface area contributed by atoms with E-state index in [0.29, 0.717) is 50.0 Å². The SMILES string of the molecule is CCc1ncnc(N2CCO[C@H](CN(C)c3nccn(C)c3=O)C2)c1F. The fraction of sp³-hybridized carbons (Fsp3) is 0.529. The summed E-state index contributed by atoms with van der Waals surface area (Å²) in [5, 5.41) is 0. The molecule has 2 aromatic rings. The average Bonchev–Trinajstić information content (AvgIpc) is 2.64. The molecule has 1 atom stereocenters. The van der Waals surface area contributed by atoms with Crippen molar-refractivity contribution in [1.82, 2.24) is 19.5 Å². The van der Waals surface area contributed by atoms with Crippen molar-refractivity contribution in [2.75, 3.05) is 43.1 Å². The lowest BCUT2D eigenvalue weighted by atomic mass is 10.2. The summed E-state index contributed by atoms with van der Waals surface area (Å²) in [7, 11) is 3.48. The van der Waals surface area contributed by atoms with Gasteiger partial charge in [0.15, 0.2) is 17.5 Å². The molecule has 1 saturated heterocycles. The first-order chi connectivity index (χ1) is 12.5. The van der Waals surface area contributed by atoms with Crippen LogP contribution in [0, 0.1) is 5.82 Å². The number of hydrogen-bond acceptors (Lipinski definition) is 7. The highest BCUT2D eigenvalue weighted by molar-refractivity contribution is 5.42. The van der Waals surface area contributed by atoms with Gasteiger partial charge in [0.2, 0.25) is 0 Å². The number of ether oxygens (including phenoxy) is 1. The summed E-state index contributed by atoms with van der Waals surface area (Å²) >= 11 is 0. The molecule has 0 aromatic carbocycles. The van der Waals surface area contributed by atoms with Crippen molar-refractivity contribution in [3.8, 4) is 0 Å². The van der Waals surface area contributed by atoms with Crippen LogP contribution < -0.4 is 15.4 Å². The standard InChI is InChI=1S/C17H23FN6O2/c1-4-13-14(18)15(21-11-20-13)24-7-8-26-12(10-24)9-23(3)16-17(25)22(2)6-5-19-16/h5-6,11-12H,4,7-10H2,1-3H3/t12-/m1/s1. The van der Waals surface area contributed by atoms with Crippen molar-refractivity contribution < 1.29 is 9.13 Å². The highest BCUT2D eigenvalue weighted by Gasteiger charge is 2.26. The molecule has 0 amide bonds. The number of likely N-dealkylation sites (N-methyl/N-ethyl adjacent to an activating group) is 1. The van der Waals surface area contributed by atoms with Gasteiger partial charge in [-0.25, -0.2) is 19.3 Å². The maximum atomic E-state index is 14.5. The number of hydrogen-bond donors (Lipinski definition) is 0. The Balaban J connectivity index is 1.73. The number of anilines is 2. The Bertz CT molecular complexity index is 827. The molecule has 0 bridgehead atoms. The first-order valence-electron chi connectivity index (χ1n) is 8.60. The number of aromatic nitrogens is 4. The maximum Gasteiger partial charge on any atom is 0.293 e. The lowest BCUT2D eigenvalue weighted by Crippen LogP contribution is -2.48. The zero-order valence-electron chi connectivity index (χ0n) is 15.2. The van der Waals surface area contributed by atoms with Crippen LogP contribution in [-0.4, -0.2) is 58.9 Å². The lowest BCUT2D eigenvalue weighted by molar-refractivity contribution is 0.0452. The maximum absolute atomic E-state index is 14.5. The minimum Gasteiger partial charge on any atom is -0.373 e. The predicted octanol–water partition coefficient (Wildman–Crippen LogP) is 0.613. The van der Waals surface area contributed by atoms with E-state index < -0.39 is 0 Å². The zero-order valence-corrected chi connectivity index (χ0v) is 15.2. The summed E-state index contributed by atoms with van der Waals surface area (Å²) in [6.07, 6.45) is 4.91. The van der Waals surface area contributed by atoms with E-state index in [1.807, 2.05) is 11.8 Å². The zero-order chi connectivity index (χ0) is 18.7. The average molecular weight is 362 g/mol. The van der Waals surface area contributed by atoms with Gasteiger partial charge in [-0.2, -0.15) is 0 Å². The van der Waals surface area contributed by atoms with Gasteiger partial charge in [-0.3, -0.25) is 4.79 Å². The third-order valence-electron chi connectivity index (χ3n) is 4.45. The van der Waals surface area contributed by atoms with Crippen LogP contribution in [0.2, 0.25) is 0 Å². The first-order valence-corrected chi connectivity index (χ1v) is 8.60. The minimum atomic E-state index is -0.373.